The second-order valence-electron chi connectivity index (χ2n) is 16.1. The lowest BCUT2D eigenvalue weighted by Crippen LogP contribution is -1.99. The molecular weight excluding hydrogens is 661 g/mol. The number of carbonyl (C=O) groups excluding carboxylic acids is 1. The highest BCUT2D eigenvalue weighted by atomic mass is 16.5. The summed E-state index contributed by atoms with van der Waals surface area (Å²) in [6.07, 6.45) is 47.6. The molecule has 0 N–H and O–H groups in total. The van der Waals surface area contributed by atoms with E-state index in [1.54, 1.807) is 6.08 Å². The molecule has 0 spiro atoms. The first-order valence-electron chi connectivity index (χ1n) is 23.4. The summed E-state index contributed by atoms with van der Waals surface area (Å²) >= 11 is 0. The first-order chi connectivity index (χ1) is 26.7. The Morgan fingerprint density at radius 2 is 0.667 bits per heavy atom. The van der Waals surface area contributed by atoms with Crippen molar-refractivity contribution in [2.24, 2.45) is 0 Å². The van der Waals surface area contributed by atoms with Gasteiger partial charge in [-0.3, -0.25) is 4.79 Å². The molecule has 0 amide bonds. The van der Waals surface area contributed by atoms with Crippen LogP contribution in [0.15, 0.2) is 54.6 Å². The lowest BCUT2D eigenvalue weighted by Gasteiger charge is -2.07. The van der Waals surface area contributed by atoms with E-state index in [1.807, 2.05) is 54.6 Å². The van der Waals surface area contributed by atoms with Crippen LogP contribution in [0.25, 0.3) is 6.08 Å². The summed E-state index contributed by atoms with van der Waals surface area (Å²) in [6.45, 7) is 6.09. The molecule has 0 aliphatic carbocycles. The van der Waals surface area contributed by atoms with Crippen LogP contribution in [-0.2, 0) is 0 Å². The van der Waals surface area contributed by atoms with E-state index in [-0.39, 0.29) is 5.78 Å². The largest absolute Gasteiger partial charge is 0.494 e. The van der Waals surface area contributed by atoms with Crippen molar-refractivity contribution in [2.75, 3.05) is 13.2 Å². The molecule has 0 heterocycles. The molecule has 3 nitrogen and oxygen atoms in total. The van der Waals surface area contributed by atoms with Crippen LogP contribution in [-0.4, -0.2) is 19.0 Å². The topological polar surface area (TPSA) is 35.5 Å². The third-order valence-electron chi connectivity index (χ3n) is 11.0. The van der Waals surface area contributed by atoms with Gasteiger partial charge in [0.15, 0.2) is 5.78 Å². The average molecular weight is 745 g/mol. The first kappa shape index (κ1) is 47.6. The summed E-state index contributed by atoms with van der Waals surface area (Å²) in [5.74, 6) is 1.74. The van der Waals surface area contributed by atoms with E-state index in [0.717, 1.165) is 43.1 Å². The predicted octanol–water partition coefficient (Wildman–Crippen LogP) is 16.9. The fourth-order valence-electron chi connectivity index (χ4n) is 7.34. The Labute approximate surface area is 334 Å². The Balaban J connectivity index is 1.41. The SMILES string of the molecule is CCCCCCCCCCCCCCCCCCOc1ccc(/C=C/C(=O)c2ccc(OCCCCCCCCCCCCCCCCCC)cc2)cc1. The average Bonchev–Trinajstić information content (AvgIpc) is 3.20. The third kappa shape index (κ3) is 27.9. The van der Waals surface area contributed by atoms with E-state index >= 15 is 0 Å². The van der Waals surface area contributed by atoms with E-state index in [4.69, 9.17) is 9.47 Å². The fourth-order valence-corrected chi connectivity index (χ4v) is 7.34. The highest BCUT2D eigenvalue weighted by Gasteiger charge is 2.04. The molecule has 0 atom stereocenters. The fraction of sp³-hybridized carbons (Fsp3) is 0.706. The maximum absolute atomic E-state index is 12.8. The predicted molar refractivity (Wildman–Crippen MR) is 236 cm³/mol. The van der Waals surface area contributed by atoms with Crippen molar-refractivity contribution in [3.8, 4) is 11.5 Å². The van der Waals surface area contributed by atoms with Gasteiger partial charge in [-0.05, 0) is 60.9 Å². The minimum atomic E-state index is 0.00294. The Bertz CT molecular complexity index is 1120. The van der Waals surface area contributed by atoms with Crippen LogP contribution >= 0.6 is 0 Å². The number of rotatable bonds is 39. The van der Waals surface area contributed by atoms with Gasteiger partial charge in [0.1, 0.15) is 11.5 Å². The molecule has 0 fully saturated rings. The molecule has 3 heteroatoms. The van der Waals surface area contributed by atoms with Crippen molar-refractivity contribution in [1.29, 1.82) is 0 Å². The van der Waals surface area contributed by atoms with Crippen LogP contribution in [0, 0.1) is 0 Å². The first-order valence-corrected chi connectivity index (χ1v) is 23.4. The van der Waals surface area contributed by atoms with Gasteiger partial charge >= 0.3 is 0 Å². The van der Waals surface area contributed by atoms with E-state index in [2.05, 4.69) is 13.8 Å². The van der Waals surface area contributed by atoms with Crippen LogP contribution in [0.2, 0.25) is 0 Å². The minimum Gasteiger partial charge on any atom is -0.494 e. The molecule has 0 aromatic heterocycles. The van der Waals surface area contributed by atoms with Crippen molar-refractivity contribution in [1.82, 2.24) is 0 Å². The van der Waals surface area contributed by atoms with Crippen LogP contribution in [0.5, 0.6) is 11.5 Å². The zero-order chi connectivity index (χ0) is 38.4. The van der Waals surface area contributed by atoms with Crippen LogP contribution < -0.4 is 9.47 Å². The number of allylic oxidation sites excluding steroid dienone is 1. The molecule has 0 aliphatic heterocycles. The number of ketones is 1. The molecule has 306 valence electrons. The zero-order valence-corrected chi connectivity index (χ0v) is 35.5. The summed E-state index contributed by atoms with van der Waals surface area (Å²) in [6, 6.07) is 15.6. The van der Waals surface area contributed by atoms with Gasteiger partial charge in [-0.25, -0.2) is 0 Å². The normalized spacial score (nSPS) is 11.4. The Hall–Kier alpha value is -2.55. The van der Waals surface area contributed by atoms with Crippen molar-refractivity contribution in [2.45, 2.75) is 219 Å². The van der Waals surface area contributed by atoms with Gasteiger partial charge in [-0.2, -0.15) is 0 Å². The van der Waals surface area contributed by atoms with Gasteiger partial charge < -0.3 is 9.47 Å². The summed E-state index contributed by atoms with van der Waals surface area (Å²) in [5, 5.41) is 0. The van der Waals surface area contributed by atoms with Crippen molar-refractivity contribution in [3.63, 3.8) is 0 Å². The molecule has 0 unspecified atom stereocenters. The van der Waals surface area contributed by atoms with Crippen LogP contribution in [0.1, 0.15) is 235 Å². The van der Waals surface area contributed by atoms with E-state index in [0.29, 0.717) is 5.56 Å². The maximum atomic E-state index is 12.8. The Morgan fingerprint density at radius 3 is 0.981 bits per heavy atom. The summed E-state index contributed by atoms with van der Waals surface area (Å²) in [5.41, 5.74) is 1.68. The van der Waals surface area contributed by atoms with E-state index < -0.39 is 0 Å². The second-order valence-corrected chi connectivity index (χ2v) is 16.1. The lowest BCUT2D eigenvalue weighted by molar-refractivity contribution is 0.104. The molecule has 0 radical (unpaired) electrons. The number of ether oxygens (including phenoxy) is 2. The molecule has 54 heavy (non-hydrogen) atoms. The molecule has 0 aliphatic rings. The van der Waals surface area contributed by atoms with E-state index in [1.165, 1.54) is 193 Å². The minimum absolute atomic E-state index is 0.00294. The highest BCUT2D eigenvalue weighted by molar-refractivity contribution is 6.06. The molecule has 2 rings (SSSR count). The summed E-state index contributed by atoms with van der Waals surface area (Å²) < 4.78 is 11.9. The summed E-state index contributed by atoms with van der Waals surface area (Å²) in [7, 11) is 0. The number of hydrogen-bond donors (Lipinski definition) is 0. The molecule has 0 saturated carbocycles. The van der Waals surface area contributed by atoms with Crippen molar-refractivity contribution in [3.05, 3.63) is 65.7 Å². The maximum Gasteiger partial charge on any atom is 0.185 e. The number of unbranched alkanes of at least 4 members (excludes halogenated alkanes) is 30. The lowest BCUT2D eigenvalue weighted by atomic mass is 10.0. The summed E-state index contributed by atoms with van der Waals surface area (Å²) in [4.78, 5) is 12.8. The van der Waals surface area contributed by atoms with Gasteiger partial charge in [0.25, 0.3) is 0 Å². The number of hydrogen-bond acceptors (Lipinski definition) is 3. The molecular formula is C51H84O3. The highest BCUT2D eigenvalue weighted by Crippen LogP contribution is 2.19. The third-order valence-corrected chi connectivity index (χ3v) is 11.0. The zero-order valence-electron chi connectivity index (χ0n) is 35.5. The van der Waals surface area contributed by atoms with Gasteiger partial charge in [-0.1, -0.05) is 225 Å². The number of carbonyl (C=O) groups is 1. The van der Waals surface area contributed by atoms with Gasteiger partial charge in [0.05, 0.1) is 13.2 Å². The van der Waals surface area contributed by atoms with Gasteiger partial charge in [0.2, 0.25) is 0 Å². The van der Waals surface area contributed by atoms with Crippen molar-refractivity contribution >= 4 is 11.9 Å². The van der Waals surface area contributed by atoms with Crippen LogP contribution in [0.4, 0.5) is 0 Å². The van der Waals surface area contributed by atoms with Gasteiger partial charge in [0, 0.05) is 5.56 Å². The standard InChI is InChI=1S/C51H84O3/c1-3-5-7-9-11-13-15-17-19-21-23-25-27-29-31-33-45-53-49-40-35-47(36-41-49)37-44-51(52)48-38-42-50(43-39-48)54-46-34-32-30-28-26-24-22-20-18-16-14-12-10-8-6-4-2/h35-44H,3-34,45-46H2,1-2H3/b44-37+. The Kier molecular flexibility index (Phi) is 31.8. The van der Waals surface area contributed by atoms with E-state index in [9.17, 15) is 4.79 Å². The monoisotopic (exact) mass is 745 g/mol. The Morgan fingerprint density at radius 1 is 0.389 bits per heavy atom. The van der Waals surface area contributed by atoms with Crippen LogP contribution in [0.3, 0.4) is 0 Å². The smallest absolute Gasteiger partial charge is 0.185 e. The number of benzene rings is 2. The molecule has 0 saturated heterocycles. The molecule has 2 aromatic carbocycles. The quantitative estimate of drug-likeness (QED) is 0.0388. The molecule has 2 aromatic rings. The molecule has 0 bridgehead atoms. The second kappa shape index (κ2) is 36.1. The van der Waals surface area contributed by atoms with Crippen molar-refractivity contribution < 1.29 is 14.3 Å². The van der Waals surface area contributed by atoms with Gasteiger partial charge in [-0.15, -0.1) is 0 Å².